The Morgan fingerprint density at radius 3 is 2.94 bits per heavy atom. The van der Waals surface area contributed by atoms with Gasteiger partial charge in [0, 0.05) is 13.1 Å². The van der Waals surface area contributed by atoms with E-state index in [1.165, 1.54) is 0 Å². The number of nitrogens with one attached hydrogen (secondary N) is 1. The van der Waals surface area contributed by atoms with E-state index in [-0.39, 0.29) is 5.97 Å². The topological polar surface area (TPSA) is 47.6 Å². The van der Waals surface area contributed by atoms with E-state index in [1.54, 1.807) is 0 Å². The Labute approximate surface area is 94.6 Å². The minimum absolute atomic E-state index is 0.295. The number of esters is 1. The zero-order chi connectivity index (χ0) is 11.2. The van der Waals surface area contributed by atoms with Crippen LogP contribution in [-0.4, -0.2) is 31.8 Å². The van der Waals surface area contributed by atoms with Crippen LogP contribution < -0.4 is 5.32 Å². The second-order valence-electron chi connectivity index (χ2n) is 3.66. The van der Waals surface area contributed by atoms with Crippen molar-refractivity contribution < 1.29 is 14.3 Å². The maximum absolute atomic E-state index is 11.6. The Bertz CT molecular complexity index is 333. The van der Waals surface area contributed by atoms with E-state index in [2.05, 4.69) is 5.32 Å². The fourth-order valence-corrected chi connectivity index (χ4v) is 1.54. The van der Waals surface area contributed by atoms with Crippen LogP contribution in [0.4, 0.5) is 0 Å². The number of morpholine rings is 1. The SMILES string of the molecule is O=C(OCc1ccccc1)C1CNCCO1. The predicted octanol–water partition coefficient (Wildman–Crippen LogP) is 0.718. The minimum atomic E-state index is -0.461. The number of carbonyl (C=O) groups excluding carboxylic acids is 1. The molecule has 4 heteroatoms. The van der Waals surface area contributed by atoms with Crippen molar-refractivity contribution in [2.75, 3.05) is 19.7 Å². The van der Waals surface area contributed by atoms with Crippen LogP contribution in [0, 0.1) is 0 Å². The van der Waals surface area contributed by atoms with Crippen molar-refractivity contribution in [1.82, 2.24) is 5.32 Å². The Kier molecular flexibility index (Phi) is 3.91. The van der Waals surface area contributed by atoms with Crippen molar-refractivity contribution >= 4 is 5.97 Å². The quantitative estimate of drug-likeness (QED) is 0.764. The molecule has 4 nitrogen and oxygen atoms in total. The maximum Gasteiger partial charge on any atom is 0.336 e. The van der Waals surface area contributed by atoms with E-state index in [0.717, 1.165) is 12.1 Å². The molecule has 1 atom stereocenters. The molecule has 16 heavy (non-hydrogen) atoms. The molecule has 1 unspecified atom stereocenters. The Morgan fingerprint density at radius 1 is 1.44 bits per heavy atom. The largest absolute Gasteiger partial charge is 0.459 e. The first-order valence-electron chi connectivity index (χ1n) is 5.39. The van der Waals surface area contributed by atoms with Gasteiger partial charge in [-0.05, 0) is 5.56 Å². The molecule has 2 rings (SSSR count). The number of rotatable bonds is 3. The first kappa shape index (κ1) is 11.1. The van der Waals surface area contributed by atoms with E-state index >= 15 is 0 Å². The third-order valence-corrected chi connectivity index (χ3v) is 2.41. The van der Waals surface area contributed by atoms with E-state index in [1.807, 2.05) is 30.3 Å². The van der Waals surface area contributed by atoms with Crippen molar-refractivity contribution in [2.24, 2.45) is 0 Å². The summed E-state index contributed by atoms with van der Waals surface area (Å²) in [6, 6.07) is 9.61. The maximum atomic E-state index is 11.6. The highest BCUT2D eigenvalue weighted by Crippen LogP contribution is 2.04. The molecular weight excluding hydrogens is 206 g/mol. The van der Waals surface area contributed by atoms with Crippen LogP contribution in [0.2, 0.25) is 0 Å². The van der Waals surface area contributed by atoms with E-state index < -0.39 is 6.10 Å². The standard InChI is InChI=1S/C12H15NO3/c14-12(11-8-13-6-7-15-11)16-9-10-4-2-1-3-5-10/h1-5,11,13H,6-9H2. The van der Waals surface area contributed by atoms with Crippen LogP contribution in [0.15, 0.2) is 30.3 Å². The van der Waals surface area contributed by atoms with Crippen molar-refractivity contribution in [2.45, 2.75) is 12.7 Å². The highest BCUT2D eigenvalue weighted by Gasteiger charge is 2.22. The van der Waals surface area contributed by atoms with Gasteiger partial charge in [0.05, 0.1) is 6.61 Å². The average Bonchev–Trinajstić information content (AvgIpc) is 2.38. The lowest BCUT2D eigenvalue weighted by Crippen LogP contribution is -2.43. The molecule has 1 heterocycles. The van der Waals surface area contributed by atoms with Crippen molar-refractivity contribution in [1.29, 1.82) is 0 Å². The van der Waals surface area contributed by atoms with Gasteiger partial charge >= 0.3 is 5.97 Å². The van der Waals surface area contributed by atoms with Gasteiger partial charge in [0.1, 0.15) is 6.61 Å². The van der Waals surface area contributed by atoms with Gasteiger partial charge in [0.2, 0.25) is 0 Å². The van der Waals surface area contributed by atoms with Crippen LogP contribution in [0.3, 0.4) is 0 Å². The van der Waals surface area contributed by atoms with Crippen molar-refractivity contribution in [3.05, 3.63) is 35.9 Å². The lowest BCUT2D eigenvalue weighted by molar-refractivity contribution is -0.160. The van der Waals surface area contributed by atoms with Gasteiger partial charge in [-0.1, -0.05) is 30.3 Å². The summed E-state index contributed by atoms with van der Waals surface area (Å²) in [5.74, 6) is -0.295. The second-order valence-corrected chi connectivity index (χ2v) is 3.66. The summed E-state index contributed by atoms with van der Waals surface area (Å²) in [5.41, 5.74) is 0.986. The smallest absolute Gasteiger partial charge is 0.336 e. The average molecular weight is 221 g/mol. The molecule has 0 radical (unpaired) electrons. The normalized spacial score (nSPS) is 20.4. The predicted molar refractivity (Wildman–Crippen MR) is 58.8 cm³/mol. The first-order chi connectivity index (χ1) is 7.86. The molecule has 1 aliphatic rings. The van der Waals surface area contributed by atoms with E-state index in [4.69, 9.17) is 9.47 Å². The Morgan fingerprint density at radius 2 is 2.25 bits per heavy atom. The molecule has 1 aromatic carbocycles. The molecule has 1 aromatic rings. The Hall–Kier alpha value is -1.39. The molecule has 1 fully saturated rings. The van der Waals surface area contributed by atoms with Gasteiger partial charge in [-0.2, -0.15) is 0 Å². The fraction of sp³-hybridized carbons (Fsp3) is 0.417. The summed E-state index contributed by atoms with van der Waals surface area (Å²) in [4.78, 5) is 11.6. The Balaban J connectivity index is 1.79. The monoisotopic (exact) mass is 221 g/mol. The summed E-state index contributed by atoms with van der Waals surface area (Å²) in [6.45, 7) is 2.20. The molecule has 0 bridgehead atoms. The molecule has 86 valence electrons. The van der Waals surface area contributed by atoms with E-state index in [9.17, 15) is 4.79 Å². The fourth-order valence-electron chi connectivity index (χ4n) is 1.54. The van der Waals surface area contributed by atoms with Gasteiger partial charge in [0.25, 0.3) is 0 Å². The molecular formula is C12H15NO3. The molecule has 1 aliphatic heterocycles. The van der Waals surface area contributed by atoms with Crippen molar-refractivity contribution in [3.8, 4) is 0 Å². The summed E-state index contributed by atoms with van der Waals surface area (Å²) >= 11 is 0. The van der Waals surface area contributed by atoms with Crippen LogP contribution in [-0.2, 0) is 20.9 Å². The summed E-state index contributed by atoms with van der Waals surface area (Å²) < 4.78 is 10.5. The van der Waals surface area contributed by atoms with Crippen LogP contribution in [0.5, 0.6) is 0 Å². The van der Waals surface area contributed by atoms with Crippen LogP contribution >= 0.6 is 0 Å². The van der Waals surface area contributed by atoms with Gasteiger partial charge in [-0.3, -0.25) is 0 Å². The molecule has 0 saturated carbocycles. The second kappa shape index (κ2) is 5.63. The highest BCUT2D eigenvalue weighted by molar-refractivity contribution is 5.75. The van der Waals surface area contributed by atoms with Crippen molar-refractivity contribution in [3.63, 3.8) is 0 Å². The van der Waals surface area contributed by atoms with Gasteiger partial charge in [0.15, 0.2) is 6.10 Å². The molecule has 1 saturated heterocycles. The number of benzene rings is 1. The number of ether oxygens (including phenoxy) is 2. The molecule has 1 N–H and O–H groups in total. The zero-order valence-electron chi connectivity index (χ0n) is 9.02. The molecule has 0 spiro atoms. The third-order valence-electron chi connectivity index (χ3n) is 2.41. The lowest BCUT2D eigenvalue weighted by atomic mass is 10.2. The van der Waals surface area contributed by atoms with Crippen LogP contribution in [0.1, 0.15) is 5.56 Å². The summed E-state index contributed by atoms with van der Waals surface area (Å²) in [6.07, 6.45) is -0.461. The summed E-state index contributed by atoms with van der Waals surface area (Å²) in [5, 5.41) is 3.09. The highest BCUT2D eigenvalue weighted by atomic mass is 16.6. The minimum Gasteiger partial charge on any atom is -0.459 e. The third kappa shape index (κ3) is 3.05. The number of carbonyl (C=O) groups is 1. The van der Waals surface area contributed by atoms with Crippen LogP contribution in [0.25, 0.3) is 0 Å². The first-order valence-corrected chi connectivity index (χ1v) is 5.39. The molecule has 0 aromatic heterocycles. The van der Waals surface area contributed by atoms with E-state index in [0.29, 0.717) is 19.8 Å². The number of hydrogen-bond acceptors (Lipinski definition) is 4. The number of hydrogen-bond donors (Lipinski definition) is 1. The molecule has 0 amide bonds. The zero-order valence-corrected chi connectivity index (χ0v) is 9.02. The molecule has 0 aliphatic carbocycles. The lowest BCUT2D eigenvalue weighted by Gasteiger charge is -2.21. The van der Waals surface area contributed by atoms with Gasteiger partial charge < -0.3 is 14.8 Å². The van der Waals surface area contributed by atoms with Gasteiger partial charge in [-0.15, -0.1) is 0 Å². The summed E-state index contributed by atoms with van der Waals surface area (Å²) in [7, 11) is 0. The van der Waals surface area contributed by atoms with Gasteiger partial charge in [-0.25, -0.2) is 4.79 Å².